The zero-order chi connectivity index (χ0) is 25.5. The number of hydrogen-bond acceptors (Lipinski definition) is 4. The van der Waals surface area contributed by atoms with Crippen molar-refractivity contribution in [2.75, 3.05) is 13.2 Å². The quantitative estimate of drug-likeness (QED) is 0.331. The van der Waals surface area contributed by atoms with Crippen molar-refractivity contribution in [2.45, 2.75) is 77.9 Å². The Kier molecular flexibility index (Phi) is 7.23. The van der Waals surface area contributed by atoms with Crippen LogP contribution in [0.1, 0.15) is 53.3 Å². The molecule has 1 amide bonds. The number of fused-ring (bicyclic) bond motifs is 1. The first-order valence-corrected chi connectivity index (χ1v) is 14.8. The van der Waals surface area contributed by atoms with Crippen LogP contribution in [0.15, 0.2) is 24.3 Å². The second kappa shape index (κ2) is 9.37. The van der Waals surface area contributed by atoms with Crippen molar-refractivity contribution < 1.29 is 14.0 Å². The number of amides is 1. The van der Waals surface area contributed by atoms with Gasteiger partial charge in [0.2, 0.25) is 5.69 Å². The summed E-state index contributed by atoms with van der Waals surface area (Å²) in [7, 11) is -2.04. The average Bonchev–Trinajstić information content (AvgIpc) is 3.08. The van der Waals surface area contributed by atoms with Crippen LogP contribution in [0, 0.1) is 6.57 Å². The Morgan fingerprint density at radius 1 is 1.26 bits per heavy atom. The van der Waals surface area contributed by atoms with Gasteiger partial charge >= 0.3 is 6.09 Å². The summed E-state index contributed by atoms with van der Waals surface area (Å²) >= 11 is 6.22. The summed E-state index contributed by atoms with van der Waals surface area (Å²) in [6, 6.07) is 7.09. The molecule has 1 aromatic heterocycles. The van der Waals surface area contributed by atoms with E-state index in [1.807, 2.05) is 37.6 Å². The van der Waals surface area contributed by atoms with Crippen LogP contribution in [-0.4, -0.2) is 47.8 Å². The SMILES string of the molecule is [C-]#[N+]c1c(-c2cccc(Cl)c2)nn2c1CN(C(=O)OC(C)(C)C)CC2CO[Si](C)(C)C(C)(C)C. The van der Waals surface area contributed by atoms with Gasteiger partial charge in [0.05, 0.1) is 37.2 Å². The molecule has 0 fully saturated rings. The third-order valence-electron chi connectivity index (χ3n) is 6.40. The van der Waals surface area contributed by atoms with Gasteiger partial charge in [0, 0.05) is 11.6 Å². The first kappa shape index (κ1) is 26.3. The summed E-state index contributed by atoms with van der Waals surface area (Å²) in [4.78, 5) is 18.5. The topological polar surface area (TPSA) is 61.0 Å². The fourth-order valence-electron chi connectivity index (χ4n) is 3.54. The van der Waals surface area contributed by atoms with Crippen molar-refractivity contribution in [1.29, 1.82) is 0 Å². The fourth-order valence-corrected chi connectivity index (χ4v) is 4.78. The number of nitrogens with zero attached hydrogens (tertiary/aromatic N) is 4. The van der Waals surface area contributed by atoms with Crippen LogP contribution in [-0.2, 0) is 15.7 Å². The maximum atomic E-state index is 13.0. The number of halogens is 1. The molecule has 34 heavy (non-hydrogen) atoms. The zero-order valence-corrected chi connectivity index (χ0v) is 23.2. The molecule has 0 saturated carbocycles. The lowest BCUT2D eigenvalue weighted by Crippen LogP contribution is -2.47. The van der Waals surface area contributed by atoms with E-state index in [2.05, 4.69) is 38.7 Å². The highest BCUT2D eigenvalue weighted by molar-refractivity contribution is 6.74. The number of aromatic nitrogens is 2. The van der Waals surface area contributed by atoms with Gasteiger partial charge in [-0.25, -0.2) is 9.64 Å². The normalized spacial score (nSPS) is 16.7. The standard InChI is InChI=1S/C25H35ClN4O3Si/c1-24(2,3)33-23(31)29-14-19(16-32-34(8,9)25(4,5)6)30-20(15-29)22(27-7)21(28-30)17-11-10-12-18(26)13-17/h10-13,19H,14-16H2,1-6,8-9H3. The Morgan fingerprint density at radius 3 is 2.50 bits per heavy atom. The molecular weight excluding hydrogens is 468 g/mol. The molecule has 0 spiro atoms. The van der Waals surface area contributed by atoms with Crippen LogP contribution in [0.25, 0.3) is 16.1 Å². The zero-order valence-electron chi connectivity index (χ0n) is 21.4. The average molecular weight is 503 g/mol. The van der Waals surface area contributed by atoms with Crippen LogP contribution >= 0.6 is 11.6 Å². The fraction of sp³-hybridized carbons (Fsp3) is 0.560. The molecule has 1 unspecified atom stereocenters. The van der Waals surface area contributed by atoms with Crippen LogP contribution in [0.5, 0.6) is 0 Å². The van der Waals surface area contributed by atoms with Gasteiger partial charge in [-0.1, -0.05) is 44.5 Å². The maximum absolute atomic E-state index is 13.0. The molecule has 1 aliphatic heterocycles. The summed E-state index contributed by atoms with van der Waals surface area (Å²) in [5.74, 6) is 0. The van der Waals surface area contributed by atoms with Gasteiger partial charge in [-0.2, -0.15) is 5.10 Å². The maximum Gasteiger partial charge on any atom is 0.410 e. The molecular formula is C25H35ClN4O3Si. The Labute approximate surface area is 208 Å². The minimum absolute atomic E-state index is 0.0487. The van der Waals surface area contributed by atoms with Crippen molar-refractivity contribution in [1.82, 2.24) is 14.7 Å². The lowest BCUT2D eigenvalue weighted by molar-refractivity contribution is 0.0133. The molecule has 0 bridgehead atoms. The second-order valence-electron chi connectivity index (χ2n) is 11.3. The summed E-state index contributed by atoms with van der Waals surface area (Å²) in [6.07, 6.45) is -0.405. The molecule has 9 heteroatoms. The Bertz CT molecular complexity index is 1110. The molecule has 184 valence electrons. The first-order valence-electron chi connectivity index (χ1n) is 11.5. The van der Waals surface area contributed by atoms with E-state index in [4.69, 9.17) is 32.4 Å². The smallest absolute Gasteiger partial charge is 0.410 e. The number of ether oxygens (including phenoxy) is 1. The highest BCUT2D eigenvalue weighted by atomic mass is 35.5. The van der Waals surface area contributed by atoms with Crippen LogP contribution in [0.3, 0.4) is 0 Å². The minimum atomic E-state index is -2.04. The van der Waals surface area contributed by atoms with Crippen molar-refractivity contribution >= 4 is 31.7 Å². The molecule has 2 heterocycles. The van der Waals surface area contributed by atoms with Gasteiger partial charge in [-0.15, -0.1) is 0 Å². The van der Waals surface area contributed by atoms with E-state index < -0.39 is 20.0 Å². The van der Waals surface area contributed by atoms with Crippen molar-refractivity contribution in [2.24, 2.45) is 0 Å². The molecule has 1 aliphatic rings. The summed E-state index contributed by atoms with van der Waals surface area (Å²) in [6.45, 7) is 25.5. The van der Waals surface area contributed by atoms with Crippen LogP contribution in [0.4, 0.5) is 10.5 Å². The van der Waals surface area contributed by atoms with E-state index in [0.29, 0.717) is 35.2 Å². The van der Waals surface area contributed by atoms with Gasteiger partial charge in [-0.05, 0) is 56.6 Å². The highest BCUT2D eigenvalue weighted by Gasteiger charge is 2.40. The van der Waals surface area contributed by atoms with Gasteiger partial charge in [0.25, 0.3) is 0 Å². The largest absolute Gasteiger partial charge is 0.444 e. The Morgan fingerprint density at radius 2 is 1.94 bits per heavy atom. The highest BCUT2D eigenvalue weighted by Crippen LogP contribution is 2.40. The summed E-state index contributed by atoms with van der Waals surface area (Å²) < 4.78 is 14.1. The Balaban J connectivity index is 2.04. The molecule has 0 saturated heterocycles. The number of carbonyl (C=O) groups is 1. The van der Waals surface area contributed by atoms with Crippen LogP contribution < -0.4 is 0 Å². The number of rotatable bonds is 4. The van der Waals surface area contributed by atoms with E-state index in [1.165, 1.54) is 0 Å². The molecule has 7 nitrogen and oxygen atoms in total. The van der Waals surface area contributed by atoms with Crippen molar-refractivity contribution in [3.05, 3.63) is 46.4 Å². The van der Waals surface area contributed by atoms with Crippen molar-refractivity contribution in [3.63, 3.8) is 0 Å². The number of carbonyl (C=O) groups excluding carboxylic acids is 1. The van der Waals surface area contributed by atoms with Gasteiger partial charge in [0.1, 0.15) is 5.60 Å². The lowest BCUT2D eigenvalue weighted by atomic mass is 10.1. The molecule has 0 N–H and O–H groups in total. The van der Waals surface area contributed by atoms with E-state index in [0.717, 1.165) is 5.56 Å². The van der Waals surface area contributed by atoms with Crippen LogP contribution in [0.2, 0.25) is 23.2 Å². The Hall–Kier alpha value is -2.34. The first-order chi connectivity index (χ1) is 15.6. The monoisotopic (exact) mass is 502 g/mol. The molecule has 0 radical (unpaired) electrons. The summed E-state index contributed by atoms with van der Waals surface area (Å²) in [5.41, 5.74) is 1.83. The van der Waals surface area contributed by atoms with E-state index in [-0.39, 0.29) is 17.6 Å². The number of hydrogen-bond donors (Lipinski definition) is 0. The molecule has 0 aliphatic carbocycles. The van der Waals surface area contributed by atoms with Gasteiger partial charge in [-0.3, -0.25) is 4.68 Å². The summed E-state index contributed by atoms with van der Waals surface area (Å²) in [5, 5.41) is 5.47. The molecule has 1 aromatic carbocycles. The van der Waals surface area contributed by atoms with Crippen molar-refractivity contribution in [3.8, 4) is 11.3 Å². The molecule has 2 aromatic rings. The van der Waals surface area contributed by atoms with E-state index in [1.54, 1.807) is 17.0 Å². The predicted octanol–water partition coefficient (Wildman–Crippen LogP) is 7.07. The van der Waals surface area contributed by atoms with E-state index in [9.17, 15) is 4.79 Å². The van der Waals surface area contributed by atoms with Gasteiger partial charge in [0.15, 0.2) is 8.32 Å². The lowest BCUT2D eigenvalue weighted by Gasteiger charge is -2.40. The van der Waals surface area contributed by atoms with E-state index >= 15 is 0 Å². The molecule has 3 rings (SSSR count). The van der Waals surface area contributed by atoms with Gasteiger partial charge < -0.3 is 14.1 Å². The molecule has 1 atom stereocenters. The third-order valence-corrected chi connectivity index (χ3v) is 11.1. The number of benzene rings is 1. The second-order valence-corrected chi connectivity index (χ2v) is 16.5. The third kappa shape index (κ3) is 5.65. The minimum Gasteiger partial charge on any atom is -0.444 e. The predicted molar refractivity (Wildman–Crippen MR) is 138 cm³/mol.